The predicted molar refractivity (Wildman–Crippen MR) is 90.6 cm³/mol. The van der Waals surface area contributed by atoms with E-state index in [9.17, 15) is 4.79 Å². The summed E-state index contributed by atoms with van der Waals surface area (Å²) in [7, 11) is 1.74. The van der Waals surface area contributed by atoms with E-state index in [0.29, 0.717) is 23.1 Å². The summed E-state index contributed by atoms with van der Waals surface area (Å²) >= 11 is 5.93. The molecule has 1 heterocycles. The summed E-state index contributed by atoms with van der Waals surface area (Å²) in [5.74, 6) is 1.88. The van der Waals surface area contributed by atoms with Crippen molar-refractivity contribution >= 4 is 17.5 Å². The standard InChI is InChI=1S/C18H18ClNO4/c1-12(24-15-5-3-4-14(19)9-15)18(21)20(2)10-13-6-7-16-17(8-13)23-11-22-16/h3-9,12H,10-11H2,1-2H3. The molecule has 6 heteroatoms. The molecule has 0 saturated heterocycles. The summed E-state index contributed by atoms with van der Waals surface area (Å²) in [4.78, 5) is 14.1. The summed E-state index contributed by atoms with van der Waals surface area (Å²) < 4.78 is 16.3. The molecule has 0 saturated carbocycles. The largest absolute Gasteiger partial charge is 0.481 e. The van der Waals surface area contributed by atoms with Crippen molar-refractivity contribution in [3.63, 3.8) is 0 Å². The van der Waals surface area contributed by atoms with Crippen molar-refractivity contribution in [2.75, 3.05) is 13.8 Å². The van der Waals surface area contributed by atoms with Crippen LogP contribution in [0, 0.1) is 0 Å². The van der Waals surface area contributed by atoms with E-state index in [4.69, 9.17) is 25.8 Å². The van der Waals surface area contributed by atoms with Crippen LogP contribution in [0.5, 0.6) is 17.2 Å². The van der Waals surface area contributed by atoms with E-state index in [0.717, 1.165) is 11.3 Å². The van der Waals surface area contributed by atoms with E-state index in [1.54, 1.807) is 43.1 Å². The van der Waals surface area contributed by atoms with Crippen LogP contribution >= 0.6 is 11.6 Å². The minimum Gasteiger partial charge on any atom is -0.481 e. The quantitative estimate of drug-likeness (QED) is 0.830. The number of carbonyl (C=O) groups is 1. The van der Waals surface area contributed by atoms with Crippen molar-refractivity contribution in [2.45, 2.75) is 19.6 Å². The molecule has 0 bridgehead atoms. The fourth-order valence-corrected chi connectivity index (χ4v) is 2.68. The van der Waals surface area contributed by atoms with Crippen LogP contribution in [0.4, 0.5) is 0 Å². The smallest absolute Gasteiger partial charge is 0.263 e. The lowest BCUT2D eigenvalue weighted by molar-refractivity contribution is -0.137. The number of ether oxygens (including phenoxy) is 3. The van der Waals surface area contributed by atoms with Crippen molar-refractivity contribution in [1.82, 2.24) is 4.90 Å². The fraction of sp³-hybridized carbons (Fsp3) is 0.278. The van der Waals surface area contributed by atoms with Gasteiger partial charge in [0.05, 0.1) is 0 Å². The highest BCUT2D eigenvalue weighted by Crippen LogP contribution is 2.32. The lowest BCUT2D eigenvalue weighted by atomic mass is 10.2. The van der Waals surface area contributed by atoms with Crippen LogP contribution in [-0.4, -0.2) is 30.8 Å². The number of rotatable bonds is 5. The lowest BCUT2D eigenvalue weighted by Crippen LogP contribution is -2.37. The Hall–Kier alpha value is -2.40. The van der Waals surface area contributed by atoms with Gasteiger partial charge in [0.25, 0.3) is 5.91 Å². The van der Waals surface area contributed by atoms with Gasteiger partial charge in [0.15, 0.2) is 17.6 Å². The highest BCUT2D eigenvalue weighted by atomic mass is 35.5. The Bertz CT molecular complexity index is 750. The second kappa shape index (κ2) is 7.01. The van der Waals surface area contributed by atoms with Crippen molar-refractivity contribution in [3.8, 4) is 17.2 Å². The average Bonchev–Trinajstić information content (AvgIpc) is 3.01. The third kappa shape index (κ3) is 3.74. The monoisotopic (exact) mass is 347 g/mol. The number of fused-ring (bicyclic) bond motifs is 1. The lowest BCUT2D eigenvalue weighted by Gasteiger charge is -2.22. The predicted octanol–water partition coefficient (Wildman–Crippen LogP) is 3.49. The molecule has 5 nitrogen and oxygen atoms in total. The van der Waals surface area contributed by atoms with Crippen LogP contribution in [0.2, 0.25) is 5.02 Å². The van der Waals surface area contributed by atoms with Crippen LogP contribution in [0.15, 0.2) is 42.5 Å². The molecule has 1 aliphatic rings. The molecule has 2 aromatic rings. The van der Waals surface area contributed by atoms with Crippen LogP contribution in [0.3, 0.4) is 0 Å². The van der Waals surface area contributed by atoms with Gasteiger partial charge in [-0.15, -0.1) is 0 Å². The molecule has 3 rings (SSSR count). The second-order valence-electron chi connectivity index (χ2n) is 5.60. The molecule has 1 amide bonds. The maximum absolute atomic E-state index is 12.5. The summed E-state index contributed by atoms with van der Waals surface area (Å²) in [6.45, 7) is 2.41. The molecule has 0 aliphatic carbocycles. The number of carbonyl (C=O) groups excluding carboxylic acids is 1. The van der Waals surface area contributed by atoms with Crippen molar-refractivity contribution in [2.24, 2.45) is 0 Å². The number of amides is 1. The summed E-state index contributed by atoms with van der Waals surface area (Å²) in [5, 5.41) is 0.570. The number of benzene rings is 2. The third-order valence-electron chi connectivity index (χ3n) is 3.69. The first kappa shape index (κ1) is 16.5. The van der Waals surface area contributed by atoms with Crippen molar-refractivity contribution in [3.05, 3.63) is 53.1 Å². The van der Waals surface area contributed by atoms with Gasteiger partial charge in [-0.2, -0.15) is 0 Å². The van der Waals surface area contributed by atoms with Crippen LogP contribution in [-0.2, 0) is 11.3 Å². The summed E-state index contributed by atoms with van der Waals surface area (Å²) in [6.07, 6.45) is -0.609. The Morgan fingerprint density at radius 1 is 1.25 bits per heavy atom. The maximum atomic E-state index is 12.5. The van der Waals surface area contributed by atoms with Crippen LogP contribution in [0.1, 0.15) is 12.5 Å². The Balaban J connectivity index is 1.61. The van der Waals surface area contributed by atoms with Gasteiger partial charge in [0.2, 0.25) is 6.79 Å². The van der Waals surface area contributed by atoms with Gasteiger partial charge in [-0.25, -0.2) is 0 Å². The third-order valence-corrected chi connectivity index (χ3v) is 3.92. The van der Waals surface area contributed by atoms with Crippen LogP contribution < -0.4 is 14.2 Å². The van der Waals surface area contributed by atoms with E-state index in [-0.39, 0.29) is 12.7 Å². The molecular weight excluding hydrogens is 330 g/mol. The molecule has 1 aliphatic heterocycles. The van der Waals surface area contributed by atoms with Gasteiger partial charge < -0.3 is 19.1 Å². The SMILES string of the molecule is CC(Oc1cccc(Cl)c1)C(=O)N(C)Cc1ccc2c(c1)OCO2. The van der Waals surface area contributed by atoms with Gasteiger partial charge >= 0.3 is 0 Å². The zero-order valence-electron chi connectivity index (χ0n) is 13.5. The Kier molecular flexibility index (Phi) is 4.81. The first-order valence-corrected chi connectivity index (χ1v) is 7.96. The normalized spacial score (nSPS) is 13.5. The zero-order valence-corrected chi connectivity index (χ0v) is 14.2. The molecule has 0 aromatic heterocycles. The molecule has 1 unspecified atom stereocenters. The Morgan fingerprint density at radius 2 is 2.04 bits per heavy atom. The highest BCUT2D eigenvalue weighted by molar-refractivity contribution is 6.30. The molecule has 0 N–H and O–H groups in total. The average molecular weight is 348 g/mol. The topological polar surface area (TPSA) is 48.0 Å². The number of halogens is 1. The van der Waals surface area contributed by atoms with E-state index in [1.807, 2.05) is 18.2 Å². The second-order valence-corrected chi connectivity index (χ2v) is 6.04. The first-order valence-electron chi connectivity index (χ1n) is 7.58. The maximum Gasteiger partial charge on any atom is 0.263 e. The zero-order chi connectivity index (χ0) is 17.1. The van der Waals surface area contributed by atoms with Gasteiger partial charge in [-0.1, -0.05) is 23.7 Å². The highest BCUT2D eigenvalue weighted by Gasteiger charge is 2.20. The van der Waals surface area contributed by atoms with Gasteiger partial charge in [-0.05, 0) is 42.8 Å². The number of likely N-dealkylation sites (N-methyl/N-ethyl adjacent to an activating group) is 1. The Labute approximate surface area is 145 Å². The van der Waals surface area contributed by atoms with Gasteiger partial charge in [0.1, 0.15) is 5.75 Å². The molecule has 2 aromatic carbocycles. The molecular formula is C18H18ClNO4. The molecule has 24 heavy (non-hydrogen) atoms. The van der Waals surface area contributed by atoms with E-state index in [2.05, 4.69) is 0 Å². The molecule has 1 atom stereocenters. The van der Waals surface area contributed by atoms with Crippen molar-refractivity contribution in [1.29, 1.82) is 0 Å². The van der Waals surface area contributed by atoms with Gasteiger partial charge in [-0.3, -0.25) is 4.79 Å². The van der Waals surface area contributed by atoms with Gasteiger partial charge in [0, 0.05) is 18.6 Å². The fourth-order valence-electron chi connectivity index (χ4n) is 2.50. The van der Waals surface area contributed by atoms with E-state index in [1.165, 1.54) is 0 Å². The summed E-state index contributed by atoms with van der Waals surface area (Å²) in [6, 6.07) is 12.6. The summed E-state index contributed by atoms with van der Waals surface area (Å²) in [5.41, 5.74) is 0.963. The van der Waals surface area contributed by atoms with Crippen molar-refractivity contribution < 1.29 is 19.0 Å². The molecule has 0 radical (unpaired) electrons. The number of nitrogens with zero attached hydrogens (tertiary/aromatic N) is 1. The first-order chi connectivity index (χ1) is 11.5. The van der Waals surface area contributed by atoms with E-state index < -0.39 is 6.10 Å². The minimum atomic E-state index is -0.609. The molecule has 0 fully saturated rings. The van der Waals surface area contributed by atoms with E-state index >= 15 is 0 Å². The number of hydrogen-bond donors (Lipinski definition) is 0. The number of hydrogen-bond acceptors (Lipinski definition) is 4. The Morgan fingerprint density at radius 3 is 2.83 bits per heavy atom. The molecule has 0 spiro atoms. The molecule has 126 valence electrons. The minimum absolute atomic E-state index is 0.118. The van der Waals surface area contributed by atoms with Crippen LogP contribution in [0.25, 0.3) is 0 Å².